The van der Waals surface area contributed by atoms with Crippen molar-refractivity contribution in [3.63, 3.8) is 0 Å². The minimum absolute atomic E-state index is 0.245. The maximum absolute atomic E-state index is 5.22. The summed E-state index contributed by atoms with van der Waals surface area (Å²) in [5.41, 5.74) is 0. The molecule has 70 valence electrons. The normalized spacial score (nSPS) is 11.7. The number of rotatable bonds is 5. The molecule has 0 aromatic rings. The minimum Gasteiger partial charge on any atom is -0.379 e. The quantitative estimate of drug-likeness (QED) is 0.618. The van der Waals surface area contributed by atoms with Crippen LogP contribution in [0.15, 0.2) is 0 Å². The summed E-state index contributed by atoms with van der Waals surface area (Å²) in [7, 11) is 0. The lowest BCUT2D eigenvalue weighted by Gasteiger charge is -2.09. The van der Waals surface area contributed by atoms with Gasteiger partial charge in [-0.1, -0.05) is 13.8 Å². The third kappa shape index (κ3) is 13.0. The van der Waals surface area contributed by atoms with E-state index in [-0.39, 0.29) is 6.10 Å². The van der Waals surface area contributed by atoms with E-state index in [0.29, 0.717) is 6.61 Å². The summed E-state index contributed by atoms with van der Waals surface area (Å²) >= 11 is 0. The van der Waals surface area contributed by atoms with Gasteiger partial charge in [0.2, 0.25) is 0 Å². The van der Waals surface area contributed by atoms with Crippen molar-refractivity contribution in [3.05, 3.63) is 0 Å². The van der Waals surface area contributed by atoms with Crippen molar-refractivity contribution in [1.29, 1.82) is 0 Å². The van der Waals surface area contributed by atoms with Gasteiger partial charge in [0.1, 0.15) is 0 Å². The van der Waals surface area contributed by atoms with Crippen molar-refractivity contribution < 1.29 is 9.47 Å². The molecule has 2 heteroatoms. The molecule has 0 amide bonds. The van der Waals surface area contributed by atoms with E-state index < -0.39 is 0 Å². The SMILES string of the molecule is CC.CCOCC(C)OCC. The van der Waals surface area contributed by atoms with Crippen LogP contribution in [0.1, 0.15) is 34.6 Å². The fourth-order valence-corrected chi connectivity index (χ4v) is 0.616. The van der Waals surface area contributed by atoms with Crippen molar-refractivity contribution >= 4 is 0 Å². The van der Waals surface area contributed by atoms with E-state index in [9.17, 15) is 0 Å². The molecule has 0 saturated heterocycles. The summed E-state index contributed by atoms with van der Waals surface area (Å²) in [6.07, 6.45) is 0.245. The van der Waals surface area contributed by atoms with Gasteiger partial charge in [-0.3, -0.25) is 0 Å². The van der Waals surface area contributed by atoms with E-state index in [1.54, 1.807) is 0 Å². The summed E-state index contributed by atoms with van der Waals surface area (Å²) < 4.78 is 10.3. The molecule has 1 atom stereocenters. The first kappa shape index (κ1) is 13.5. The van der Waals surface area contributed by atoms with E-state index >= 15 is 0 Å². The average Bonchev–Trinajstić information content (AvgIpc) is 2.05. The van der Waals surface area contributed by atoms with Gasteiger partial charge in [-0.2, -0.15) is 0 Å². The molecule has 0 aliphatic rings. The van der Waals surface area contributed by atoms with E-state index in [2.05, 4.69) is 0 Å². The predicted molar refractivity (Wildman–Crippen MR) is 48.9 cm³/mol. The van der Waals surface area contributed by atoms with Gasteiger partial charge in [-0.05, 0) is 20.8 Å². The molecule has 0 spiro atoms. The van der Waals surface area contributed by atoms with Crippen LogP contribution in [-0.4, -0.2) is 25.9 Å². The van der Waals surface area contributed by atoms with Crippen LogP contribution < -0.4 is 0 Å². The Morgan fingerprint density at radius 1 is 1.09 bits per heavy atom. The molecule has 0 radical (unpaired) electrons. The lowest BCUT2D eigenvalue weighted by Crippen LogP contribution is -2.15. The average molecular weight is 162 g/mol. The van der Waals surface area contributed by atoms with Crippen molar-refractivity contribution in [3.8, 4) is 0 Å². The molecule has 0 bridgehead atoms. The number of hydrogen-bond acceptors (Lipinski definition) is 2. The standard InChI is InChI=1S/C7H16O2.C2H6/c1-4-8-6-7(3)9-5-2;1-2/h7H,4-6H2,1-3H3;1-2H3. The Hall–Kier alpha value is -0.0800. The van der Waals surface area contributed by atoms with Gasteiger partial charge >= 0.3 is 0 Å². The molecule has 0 saturated carbocycles. The predicted octanol–water partition coefficient (Wildman–Crippen LogP) is 2.47. The molecule has 0 fully saturated rings. The highest BCUT2D eigenvalue weighted by Gasteiger charge is 1.97. The van der Waals surface area contributed by atoms with Crippen LogP contribution >= 0.6 is 0 Å². The van der Waals surface area contributed by atoms with Crippen LogP contribution in [0.4, 0.5) is 0 Å². The summed E-state index contributed by atoms with van der Waals surface area (Å²) in [4.78, 5) is 0. The summed E-state index contributed by atoms with van der Waals surface area (Å²) in [6, 6.07) is 0. The van der Waals surface area contributed by atoms with Gasteiger partial charge in [0.05, 0.1) is 12.7 Å². The number of hydrogen-bond donors (Lipinski definition) is 0. The largest absolute Gasteiger partial charge is 0.379 e. The highest BCUT2D eigenvalue weighted by atomic mass is 16.5. The van der Waals surface area contributed by atoms with Gasteiger partial charge < -0.3 is 9.47 Å². The van der Waals surface area contributed by atoms with E-state index in [1.165, 1.54) is 0 Å². The van der Waals surface area contributed by atoms with Crippen LogP contribution in [0.25, 0.3) is 0 Å². The summed E-state index contributed by atoms with van der Waals surface area (Å²) in [6.45, 7) is 12.2. The molecular formula is C9H22O2. The second kappa shape index (κ2) is 12.6. The van der Waals surface area contributed by atoms with Gasteiger partial charge in [-0.15, -0.1) is 0 Å². The van der Waals surface area contributed by atoms with E-state index in [1.807, 2.05) is 34.6 Å². The van der Waals surface area contributed by atoms with E-state index in [0.717, 1.165) is 13.2 Å². The second-order valence-electron chi connectivity index (χ2n) is 1.93. The molecule has 2 nitrogen and oxygen atoms in total. The number of ether oxygens (including phenoxy) is 2. The Labute approximate surface area is 70.9 Å². The molecule has 1 unspecified atom stereocenters. The third-order valence-corrected chi connectivity index (χ3v) is 1.01. The third-order valence-electron chi connectivity index (χ3n) is 1.01. The van der Waals surface area contributed by atoms with Crippen LogP contribution in [0.5, 0.6) is 0 Å². The lowest BCUT2D eigenvalue weighted by atomic mass is 10.4. The van der Waals surface area contributed by atoms with Crippen molar-refractivity contribution in [2.24, 2.45) is 0 Å². The van der Waals surface area contributed by atoms with Crippen LogP contribution in [-0.2, 0) is 9.47 Å². The molecule has 11 heavy (non-hydrogen) atoms. The van der Waals surface area contributed by atoms with Crippen molar-refractivity contribution in [2.75, 3.05) is 19.8 Å². The first-order valence-electron chi connectivity index (χ1n) is 4.50. The molecule has 0 aliphatic heterocycles. The van der Waals surface area contributed by atoms with Gasteiger partial charge in [0.15, 0.2) is 0 Å². The Balaban J connectivity index is 0. The maximum Gasteiger partial charge on any atom is 0.0780 e. The maximum atomic E-state index is 5.22. The first-order valence-corrected chi connectivity index (χ1v) is 4.50. The smallest absolute Gasteiger partial charge is 0.0780 e. The molecular weight excluding hydrogens is 140 g/mol. The molecule has 0 aliphatic carbocycles. The van der Waals surface area contributed by atoms with Gasteiger partial charge in [0.25, 0.3) is 0 Å². The fourth-order valence-electron chi connectivity index (χ4n) is 0.616. The van der Waals surface area contributed by atoms with Crippen molar-refractivity contribution in [1.82, 2.24) is 0 Å². The molecule has 0 N–H and O–H groups in total. The Bertz CT molecular complexity index is 55.5. The topological polar surface area (TPSA) is 18.5 Å². The minimum atomic E-state index is 0.245. The first-order chi connectivity index (χ1) is 5.31. The van der Waals surface area contributed by atoms with Gasteiger partial charge in [-0.25, -0.2) is 0 Å². The van der Waals surface area contributed by atoms with Crippen molar-refractivity contribution in [2.45, 2.75) is 40.7 Å². The Morgan fingerprint density at radius 3 is 2.00 bits per heavy atom. The monoisotopic (exact) mass is 162 g/mol. The van der Waals surface area contributed by atoms with E-state index in [4.69, 9.17) is 9.47 Å². The summed E-state index contributed by atoms with van der Waals surface area (Å²) in [5, 5.41) is 0. The lowest BCUT2D eigenvalue weighted by molar-refractivity contribution is 0.00215. The van der Waals surface area contributed by atoms with Crippen LogP contribution in [0, 0.1) is 0 Å². The summed E-state index contributed by atoms with van der Waals surface area (Å²) in [5.74, 6) is 0. The second-order valence-corrected chi connectivity index (χ2v) is 1.93. The molecule has 0 aromatic heterocycles. The molecule has 0 aromatic carbocycles. The zero-order valence-corrected chi connectivity index (χ0v) is 8.52. The Kier molecular flexibility index (Phi) is 15.4. The highest BCUT2D eigenvalue weighted by Crippen LogP contribution is 1.90. The highest BCUT2D eigenvalue weighted by molar-refractivity contribution is 4.44. The van der Waals surface area contributed by atoms with Crippen LogP contribution in [0.3, 0.4) is 0 Å². The van der Waals surface area contributed by atoms with Gasteiger partial charge in [0, 0.05) is 13.2 Å². The molecule has 0 heterocycles. The molecule has 0 rings (SSSR count). The van der Waals surface area contributed by atoms with Crippen LogP contribution in [0.2, 0.25) is 0 Å². The fraction of sp³-hybridized carbons (Fsp3) is 1.00. The zero-order chi connectivity index (χ0) is 9.11. The Morgan fingerprint density at radius 2 is 1.64 bits per heavy atom. The zero-order valence-electron chi connectivity index (χ0n) is 8.52.